The van der Waals surface area contributed by atoms with Crippen molar-refractivity contribution in [2.45, 2.75) is 0 Å². The van der Waals surface area contributed by atoms with Gasteiger partial charge in [-0.05, 0) is 0 Å². The van der Waals surface area contributed by atoms with E-state index in [0.717, 1.165) is 0 Å². The minimum atomic E-state index is 0.155. The Labute approximate surface area is 39.4 Å². The molecule has 5 heavy (non-hydrogen) atoms. The second-order valence-electron chi connectivity index (χ2n) is 0.591. The van der Waals surface area contributed by atoms with E-state index in [1.54, 1.807) is 0 Å². The number of rotatable bonds is 2. The molecular formula is C2H6CoNO. The molecule has 0 aliphatic heterocycles. The number of nitrogens with one attached hydrogen (secondary N) is 1. The molecule has 0 atom stereocenters. The maximum absolute atomic E-state index is 7.95. The zero-order valence-electron chi connectivity index (χ0n) is 2.69. The van der Waals surface area contributed by atoms with E-state index in [1.807, 2.05) is 0 Å². The third-order valence-corrected chi connectivity index (χ3v) is 0.455. The second kappa shape index (κ2) is 4.43. The van der Waals surface area contributed by atoms with E-state index in [1.165, 1.54) is 0 Å². The molecule has 0 rings (SSSR count). The Kier molecular flexibility index (Phi) is 4.80. The van der Waals surface area contributed by atoms with Crippen LogP contribution >= 0.6 is 0 Å². The van der Waals surface area contributed by atoms with Gasteiger partial charge in [-0.3, -0.25) is 0 Å². The Morgan fingerprint density at radius 1 is 1.80 bits per heavy atom. The molecule has 34 valence electrons. The molecule has 0 saturated heterocycles. The number of hydrogen-bond acceptors (Lipinski definition) is 2. The molecule has 0 amide bonds. The summed E-state index contributed by atoms with van der Waals surface area (Å²) in [6.07, 6.45) is 0. The van der Waals surface area contributed by atoms with Gasteiger partial charge in [0.15, 0.2) is 0 Å². The van der Waals surface area contributed by atoms with Gasteiger partial charge < -0.3 is 0 Å². The van der Waals surface area contributed by atoms with Gasteiger partial charge in [-0.25, -0.2) is 0 Å². The van der Waals surface area contributed by atoms with Crippen LogP contribution in [0, 0.1) is 0 Å². The summed E-state index contributed by atoms with van der Waals surface area (Å²) >= 11 is 3.63. The van der Waals surface area contributed by atoms with Crippen LogP contribution in [-0.2, 0) is 16.0 Å². The van der Waals surface area contributed by atoms with Crippen LogP contribution < -0.4 is 4.37 Å². The van der Waals surface area contributed by atoms with Crippen LogP contribution in [-0.4, -0.2) is 18.3 Å². The van der Waals surface area contributed by atoms with Crippen molar-refractivity contribution >= 4 is 0 Å². The zero-order chi connectivity index (χ0) is 4.12. The van der Waals surface area contributed by atoms with Crippen molar-refractivity contribution in [1.29, 1.82) is 0 Å². The fraction of sp³-hybridized carbons (Fsp3) is 1.00. The van der Waals surface area contributed by atoms with E-state index in [-0.39, 0.29) is 6.61 Å². The van der Waals surface area contributed by atoms with E-state index in [2.05, 4.69) is 20.3 Å². The van der Waals surface area contributed by atoms with Gasteiger partial charge >= 0.3 is 38.6 Å². The van der Waals surface area contributed by atoms with Gasteiger partial charge in [-0.15, -0.1) is 0 Å². The van der Waals surface area contributed by atoms with Crippen LogP contribution in [0.15, 0.2) is 0 Å². The van der Waals surface area contributed by atoms with Crippen LogP contribution in [0.2, 0.25) is 0 Å². The normalized spacial score (nSPS) is 8.60. The molecular weight excluding hydrogens is 113 g/mol. The Morgan fingerprint density at radius 2 is 2.40 bits per heavy atom. The molecule has 2 N–H and O–H groups in total. The number of hydrogen-bond donors (Lipinski definition) is 2. The second-order valence-corrected chi connectivity index (χ2v) is 0.960. The van der Waals surface area contributed by atoms with Gasteiger partial charge in [0, 0.05) is 0 Å². The van der Waals surface area contributed by atoms with Gasteiger partial charge in [0.25, 0.3) is 0 Å². The summed E-state index contributed by atoms with van der Waals surface area (Å²) in [5.74, 6) is 0. The molecule has 0 unspecified atom stereocenters. The molecule has 0 spiro atoms. The standard InChI is InChI=1S/C2H6NO.Co/c3-1-2-4;/h3-4H,1-2H2;/q-1;+1. The SMILES string of the molecule is OCC[NH][Co]. The molecule has 0 bridgehead atoms. The van der Waals surface area contributed by atoms with E-state index in [4.69, 9.17) is 5.11 Å². The minimum absolute atomic E-state index is 0.155. The molecule has 0 aromatic rings. The summed E-state index contributed by atoms with van der Waals surface area (Å²) < 4.78 is 2.45. The van der Waals surface area contributed by atoms with Crippen molar-refractivity contribution in [3.8, 4) is 0 Å². The Bertz CT molecular complexity index is 17.1. The first-order valence-corrected chi connectivity index (χ1v) is 1.86. The Hall–Kier alpha value is 0.426. The average Bonchev–Trinajstić information content (AvgIpc) is 1.41. The van der Waals surface area contributed by atoms with Crippen LogP contribution in [0.1, 0.15) is 0 Å². The van der Waals surface area contributed by atoms with Gasteiger partial charge in [0.2, 0.25) is 0 Å². The first-order valence-electron chi connectivity index (χ1n) is 1.34. The molecule has 0 fully saturated rings. The molecule has 0 radical (unpaired) electrons. The van der Waals surface area contributed by atoms with E-state index in [0.29, 0.717) is 6.54 Å². The van der Waals surface area contributed by atoms with Crippen molar-refractivity contribution in [2.24, 2.45) is 0 Å². The van der Waals surface area contributed by atoms with Crippen molar-refractivity contribution in [1.82, 2.24) is 4.37 Å². The molecule has 0 heterocycles. The summed E-state index contributed by atoms with van der Waals surface area (Å²) in [5.41, 5.74) is 0. The zero-order valence-corrected chi connectivity index (χ0v) is 3.74. The van der Waals surface area contributed by atoms with Gasteiger partial charge in [-0.1, -0.05) is 0 Å². The van der Waals surface area contributed by atoms with Crippen LogP contribution in [0.3, 0.4) is 0 Å². The summed E-state index contributed by atoms with van der Waals surface area (Å²) in [6, 6.07) is 0. The number of aliphatic hydroxyl groups excluding tert-OH is 1. The fourth-order valence-electron chi connectivity index (χ4n) is 0.0373. The monoisotopic (exact) mass is 119 g/mol. The fourth-order valence-corrected chi connectivity index (χ4v) is 0.154. The molecule has 0 aliphatic carbocycles. The van der Waals surface area contributed by atoms with Crippen molar-refractivity contribution in [3.05, 3.63) is 0 Å². The first-order chi connectivity index (χ1) is 2.41. The summed E-state index contributed by atoms with van der Waals surface area (Å²) in [6.45, 7) is 0.710. The van der Waals surface area contributed by atoms with Gasteiger partial charge in [0.1, 0.15) is 0 Å². The molecule has 2 nitrogen and oxygen atoms in total. The first kappa shape index (κ1) is 5.43. The van der Waals surface area contributed by atoms with E-state index in [9.17, 15) is 0 Å². The van der Waals surface area contributed by atoms with Crippen molar-refractivity contribution in [2.75, 3.05) is 13.2 Å². The molecule has 3 heteroatoms. The Balaban J connectivity index is 2.19. The quantitative estimate of drug-likeness (QED) is 0.490. The summed E-state index contributed by atoms with van der Waals surface area (Å²) in [4.78, 5) is 0. The molecule has 0 aromatic heterocycles. The van der Waals surface area contributed by atoms with Crippen molar-refractivity contribution in [3.63, 3.8) is 0 Å². The summed E-state index contributed by atoms with van der Waals surface area (Å²) in [7, 11) is 0. The van der Waals surface area contributed by atoms with Crippen LogP contribution in [0.25, 0.3) is 0 Å². The predicted octanol–water partition coefficient (Wildman–Crippen LogP) is -0.970. The molecule has 0 aromatic carbocycles. The maximum atomic E-state index is 7.95. The topological polar surface area (TPSA) is 32.3 Å². The molecule has 0 aliphatic rings. The molecule has 0 saturated carbocycles. The van der Waals surface area contributed by atoms with Crippen LogP contribution in [0.4, 0.5) is 0 Å². The van der Waals surface area contributed by atoms with Crippen molar-refractivity contribution < 1.29 is 21.1 Å². The predicted molar refractivity (Wildman–Crippen MR) is 15.1 cm³/mol. The Morgan fingerprint density at radius 3 is 2.40 bits per heavy atom. The van der Waals surface area contributed by atoms with E-state index >= 15 is 0 Å². The number of aliphatic hydroxyl groups is 1. The van der Waals surface area contributed by atoms with Gasteiger partial charge in [-0.2, -0.15) is 0 Å². The van der Waals surface area contributed by atoms with E-state index < -0.39 is 0 Å². The summed E-state index contributed by atoms with van der Waals surface area (Å²) in [5, 5.41) is 7.95. The third kappa shape index (κ3) is 4.43. The average molecular weight is 119 g/mol. The van der Waals surface area contributed by atoms with Crippen LogP contribution in [0.5, 0.6) is 0 Å². The third-order valence-electron chi connectivity index (χ3n) is 0.195. The van der Waals surface area contributed by atoms with Gasteiger partial charge in [0.05, 0.1) is 0 Å².